The van der Waals surface area contributed by atoms with Crippen molar-refractivity contribution in [1.29, 1.82) is 0 Å². The van der Waals surface area contributed by atoms with E-state index >= 15 is 0 Å². The molecule has 1 aromatic heterocycles. The molecule has 7 heteroatoms. The van der Waals surface area contributed by atoms with Gasteiger partial charge in [-0.15, -0.1) is 11.3 Å². The number of benzene rings is 1. The van der Waals surface area contributed by atoms with E-state index in [1.54, 1.807) is 37.3 Å². The van der Waals surface area contributed by atoms with E-state index in [-0.39, 0.29) is 17.5 Å². The van der Waals surface area contributed by atoms with Crippen LogP contribution in [0.3, 0.4) is 0 Å². The van der Waals surface area contributed by atoms with Crippen LogP contribution in [-0.2, 0) is 16.4 Å². The van der Waals surface area contributed by atoms with E-state index in [9.17, 15) is 8.42 Å². The smallest absolute Gasteiger partial charge is 0.241 e. The van der Waals surface area contributed by atoms with Crippen LogP contribution in [0.1, 0.15) is 23.4 Å². The minimum atomic E-state index is -3.58. The fourth-order valence-corrected chi connectivity index (χ4v) is 4.25. The van der Waals surface area contributed by atoms with Crippen LogP contribution in [0.25, 0.3) is 0 Å². The molecule has 0 bridgehead atoms. The topological polar surface area (TPSA) is 66.4 Å². The summed E-state index contributed by atoms with van der Waals surface area (Å²) in [4.78, 5) is 1.07. The van der Waals surface area contributed by atoms with E-state index in [4.69, 9.17) is 16.7 Å². The molecule has 2 aromatic rings. The lowest BCUT2D eigenvalue weighted by molar-refractivity contribution is 0.299. The maximum Gasteiger partial charge on any atom is 0.241 e. The number of aliphatic hydroxyl groups excluding tert-OH is 1. The SMILES string of the molecule is CC(NS(=O)(=O)c1ccc(CCO)cc1)c1ccc(Cl)s1. The fraction of sp³-hybridized carbons (Fsp3) is 0.286. The average molecular weight is 346 g/mol. The maximum atomic E-state index is 12.3. The van der Waals surface area contributed by atoms with Gasteiger partial charge in [0.25, 0.3) is 0 Å². The van der Waals surface area contributed by atoms with Gasteiger partial charge >= 0.3 is 0 Å². The minimum absolute atomic E-state index is 0.0422. The molecule has 2 N–H and O–H groups in total. The lowest BCUT2D eigenvalue weighted by Gasteiger charge is -2.13. The summed E-state index contributed by atoms with van der Waals surface area (Å²) in [5.41, 5.74) is 0.898. The Kier molecular flexibility index (Phi) is 5.40. The van der Waals surface area contributed by atoms with E-state index in [0.717, 1.165) is 10.4 Å². The number of sulfonamides is 1. The molecular formula is C14H16ClNO3S2. The zero-order chi connectivity index (χ0) is 15.5. The van der Waals surface area contributed by atoms with Gasteiger partial charge in [0, 0.05) is 11.5 Å². The Balaban J connectivity index is 2.14. The summed E-state index contributed by atoms with van der Waals surface area (Å²) in [6, 6.07) is 9.71. The highest BCUT2D eigenvalue weighted by Crippen LogP contribution is 2.27. The average Bonchev–Trinajstić information content (AvgIpc) is 2.86. The first-order valence-corrected chi connectivity index (χ1v) is 9.07. The van der Waals surface area contributed by atoms with E-state index in [1.807, 2.05) is 6.07 Å². The van der Waals surface area contributed by atoms with Crippen molar-refractivity contribution >= 4 is 33.0 Å². The van der Waals surface area contributed by atoms with E-state index in [2.05, 4.69) is 4.72 Å². The Bertz CT molecular complexity index is 695. The summed E-state index contributed by atoms with van der Waals surface area (Å²) in [5.74, 6) is 0. The summed E-state index contributed by atoms with van der Waals surface area (Å²) in [6.07, 6.45) is 0.512. The zero-order valence-electron chi connectivity index (χ0n) is 11.4. The van der Waals surface area contributed by atoms with Crippen LogP contribution in [0.4, 0.5) is 0 Å². The zero-order valence-corrected chi connectivity index (χ0v) is 13.8. The number of aliphatic hydroxyl groups is 1. The third-order valence-corrected chi connectivity index (χ3v) is 5.96. The predicted octanol–water partition coefficient (Wildman–Crippen LogP) is 2.98. The van der Waals surface area contributed by atoms with Gasteiger partial charge in [-0.2, -0.15) is 0 Å². The summed E-state index contributed by atoms with van der Waals surface area (Å²) in [7, 11) is -3.58. The number of hydrogen-bond donors (Lipinski definition) is 2. The minimum Gasteiger partial charge on any atom is -0.396 e. The first-order valence-electron chi connectivity index (χ1n) is 6.40. The third kappa shape index (κ3) is 4.28. The lowest BCUT2D eigenvalue weighted by Crippen LogP contribution is -2.26. The van der Waals surface area contributed by atoms with Crippen molar-refractivity contribution in [3.63, 3.8) is 0 Å². The number of halogens is 1. The molecule has 1 aromatic carbocycles. The molecule has 0 radical (unpaired) electrons. The van der Waals surface area contributed by atoms with Gasteiger partial charge in [0.05, 0.1) is 15.3 Å². The monoisotopic (exact) mass is 345 g/mol. The number of hydrogen-bond acceptors (Lipinski definition) is 4. The fourth-order valence-electron chi connectivity index (χ4n) is 1.88. The molecule has 114 valence electrons. The van der Waals surface area contributed by atoms with Gasteiger partial charge < -0.3 is 5.11 Å². The Morgan fingerprint density at radius 1 is 1.24 bits per heavy atom. The van der Waals surface area contributed by atoms with Gasteiger partial charge in [-0.3, -0.25) is 0 Å². The van der Waals surface area contributed by atoms with Gasteiger partial charge in [-0.25, -0.2) is 13.1 Å². The second-order valence-electron chi connectivity index (χ2n) is 4.60. The van der Waals surface area contributed by atoms with Crippen LogP contribution in [0.15, 0.2) is 41.3 Å². The molecular weight excluding hydrogens is 330 g/mol. The molecule has 0 aliphatic heterocycles. The first-order chi connectivity index (χ1) is 9.92. The highest BCUT2D eigenvalue weighted by Gasteiger charge is 2.19. The Labute approximate surface area is 133 Å². The van der Waals surface area contributed by atoms with Crippen molar-refractivity contribution in [2.24, 2.45) is 0 Å². The van der Waals surface area contributed by atoms with Gasteiger partial charge in [0.2, 0.25) is 10.0 Å². The van der Waals surface area contributed by atoms with Gasteiger partial charge in [-0.05, 0) is 43.2 Å². The van der Waals surface area contributed by atoms with Crippen molar-refractivity contribution in [3.8, 4) is 0 Å². The number of rotatable bonds is 6. The van der Waals surface area contributed by atoms with Crippen LogP contribution >= 0.6 is 22.9 Å². The number of nitrogens with one attached hydrogen (secondary N) is 1. The summed E-state index contributed by atoms with van der Waals surface area (Å²) < 4.78 is 27.9. The summed E-state index contributed by atoms with van der Waals surface area (Å²) >= 11 is 7.21. The quantitative estimate of drug-likeness (QED) is 0.845. The Morgan fingerprint density at radius 2 is 1.90 bits per heavy atom. The predicted molar refractivity (Wildman–Crippen MR) is 85.3 cm³/mol. The third-order valence-electron chi connectivity index (χ3n) is 2.99. The largest absolute Gasteiger partial charge is 0.396 e. The second-order valence-corrected chi connectivity index (χ2v) is 8.06. The molecule has 0 aliphatic rings. The molecule has 4 nitrogen and oxygen atoms in total. The summed E-state index contributed by atoms with van der Waals surface area (Å²) in [6.45, 7) is 1.82. The normalized spacial score (nSPS) is 13.3. The molecule has 0 aliphatic carbocycles. The molecule has 1 atom stereocenters. The van der Waals surface area contributed by atoms with Gasteiger partial charge in [0.15, 0.2) is 0 Å². The highest BCUT2D eigenvalue weighted by molar-refractivity contribution is 7.89. The molecule has 0 saturated carbocycles. The van der Waals surface area contributed by atoms with Crippen molar-refractivity contribution < 1.29 is 13.5 Å². The van der Waals surface area contributed by atoms with Crippen molar-refractivity contribution in [3.05, 3.63) is 51.2 Å². The van der Waals surface area contributed by atoms with E-state index < -0.39 is 10.0 Å². The molecule has 1 heterocycles. The molecule has 2 rings (SSSR count). The number of thiophene rings is 1. The lowest BCUT2D eigenvalue weighted by atomic mass is 10.2. The van der Waals surface area contributed by atoms with Crippen LogP contribution in [0.5, 0.6) is 0 Å². The molecule has 1 unspecified atom stereocenters. The molecule has 0 spiro atoms. The molecule has 0 fully saturated rings. The second kappa shape index (κ2) is 6.89. The van der Waals surface area contributed by atoms with Crippen LogP contribution < -0.4 is 4.72 Å². The molecule has 21 heavy (non-hydrogen) atoms. The van der Waals surface area contributed by atoms with E-state index in [0.29, 0.717) is 10.8 Å². The maximum absolute atomic E-state index is 12.3. The summed E-state index contributed by atoms with van der Waals surface area (Å²) in [5, 5.41) is 8.86. The van der Waals surface area contributed by atoms with Crippen molar-refractivity contribution in [2.45, 2.75) is 24.3 Å². The van der Waals surface area contributed by atoms with Crippen molar-refractivity contribution in [1.82, 2.24) is 4.72 Å². The Morgan fingerprint density at radius 3 is 2.43 bits per heavy atom. The first kappa shape index (κ1) is 16.5. The van der Waals surface area contributed by atoms with Crippen LogP contribution in [0, 0.1) is 0 Å². The van der Waals surface area contributed by atoms with E-state index in [1.165, 1.54) is 11.3 Å². The standard InChI is InChI=1S/C14H16ClNO3S2/c1-10(13-6-7-14(15)20-13)16-21(18,19)12-4-2-11(3-5-12)8-9-17/h2-7,10,16-17H,8-9H2,1H3. The van der Waals surface area contributed by atoms with Gasteiger partial charge in [-0.1, -0.05) is 23.7 Å². The highest BCUT2D eigenvalue weighted by atomic mass is 35.5. The Hall–Kier alpha value is -0.920. The van der Waals surface area contributed by atoms with Crippen molar-refractivity contribution in [2.75, 3.05) is 6.61 Å². The molecule has 0 amide bonds. The van der Waals surface area contributed by atoms with Crippen LogP contribution in [-0.4, -0.2) is 20.1 Å². The van der Waals surface area contributed by atoms with Gasteiger partial charge in [0.1, 0.15) is 0 Å². The van der Waals surface area contributed by atoms with Crippen LogP contribution in [0.2, 0.25) is 4.34 Å². The molecule has 0 saturated heterocycles.